The van der Waals surface area contributed by atoms with Gasteiger partial charge >= 0.3 is 5.97 Å². The molecule has 1 aromatic heterocycles. The van der Waals surface area contributed by atoms with E-state index in [9.17, 15) is 20.0 Å². The number of aliphatic carboxylic acids is 1. The van der Waals surface area contributed by atoms with Gasteiger partial charge in [-0.05, 0) is 53.8 Å². The number of carbonyl (C=O) groups excluding carboxylic acids is 1. The summed E-state index contributed by atoms with van der Waals surface area (Å²) in [5, 5.41) is 20.1. The zero-order valence-electron chi connectivity index (χ0n) is 19.2. The fourth-order valence-electron chi connectivity index (χ4n) is 4.71. The van der Waals surface area contributed by atoms with E-state index in [1.807, 2.05) is 67.6 Å². The van der Waals surface area contributed by atoms with Gasteiger partial charge in [0.15, 0.2) is 0 Å². The topological polar surface area (TPSA) is 86.3 Å². The van der Waals surface area contributed by atoms with Crippen LogP contribution < -0.4 is 4.90 Å². The molecule has 0 unspecified atom stereocenters. The molecule has 0 bridgehead atoms. The zero-order valence-corrected chi connectivity index (χ0v) is 19.2. The lowest BCUT2D eigenvalue weighted by molar-refractivity contribution is -0.137. The van der Waals surface area contributed by atoms with Crippen LogP contribution in [0.4, 0.5) is 5.69 Å². The molecule has 0 radical (unpaired) electrons. The number of anilines is 1. The average Bonchev–Trinajstić information content (AvgIpc) is 3.06. The third-order valence-electron chi connectivity index (χ3n) is 6.38. The molecule has 1 aliphatic heterocycles. The number of benzene rings is 3. The molecule has 1 amide bonds. The lowest BCUT2D eigenvalue weighted by Crippen LogP contribution is -2.31. The van der Waals surface area contributed by atoms with Crippen LogP contribution in [0, 0.1) is 18.3 Å². The number of hydrogen-bond donors (Lipinski definition) is 1. The number of nitrogens with zero attached hydrogens (tertiary/aromatic N) is 3. The maximum Gasteiger partial charge on any atom is 0.323 e. The van der Waals surface area contributed by atoms with E-state index in [0.29, 0.717) is 18.5 Å². The number of carbonyl (C=O) groups is 2. The Morgan fingerprint density at radius 2 is 1.74 bits per heavy atom. The Morgan fingerprint density at radius 1 is 1.03 bits per heavy atom. The predicted octanol–water partition coefficient (Wildman–Crippen LogP) is 5.08. The standard InChI is InChI=1S/C29H23N3O3/c1-19-10-11-25-24(16-31(18-28(33)34)27(25)12-19)14-23(15-30)29(35)32-17-22-8-3-2-6-20(22)13-21-7-4-5-9-26(21)32/h2-12,14,16H,13,17-18H2,1H3,(H,33,34)/b23-14+. The Bertz CT molecular complexity index is 1560. The molecule has 0 fully saturated rings. The highest BCUT2D eigenvalue weighted by Crippen LogP contribution is 2.32. The van der Waals surface area contributed by atoms with Crippen LogP contribution in [0.25, 0.3) is 17.0 Å². The van der Waals surface area contributed by atoms with Crippen LogP contribution in [0.15, 0.2) is 78.5 Å². The van der Waals surface area contributed by atoms with Crippen LogP contribution in [-0.2, 0) is 29.1 Å². The van der Waals surface area contributed by atoms with Gasteiger partial charge in [0.2, 0.25) is 0 Å². The average molecular weight is 462 g/mol. The second-order valence-electron chi connectivity index (χ2n) is 8.76. The van der Waals surface area contributed by atoms with E-state index in [4.69, 9.17) is 0 Å². The van der Waals surface area contributed by atoms with Gasteiger partial charge in [0, 0.05) is 28.4 Å². The Balaban J connectivity index is 1.60. The van der Waals surface area contributed by atoms with Crippen LogP contribution in [0.5, 0.6) is 0 Å². The van der Waals surface area contributed by atoms with Crippen molar-refractivity contribution in [2.24, 2.45) is 0 Å². The largest absolute Gasteiger partial charge is 0.480 e. The number of nitriles is 1. The van der Waals surface area contributed by atoms with E-state index in [0.717, 1.165) is 38.8 Å². The lowest BCUT2D eigenvalue weighted by Gasteiger charge is -2.23. The second-order valence-corrected chi connectivity index (χ2v) is 8.76. The van der Waals surface area contributed by atoms with Gasteiger partial charge in [-0.2, -0.15) is 5.26 Å². The first kappa shape index (κ1) is 22.2. The molecule has 0 saturated heterocycles. The molecule has 0 atom stereocenters. The molecule has 6 nitrogen and oxygen atoms in total. The van der Waals surface area contributed by atoms with Gasteiger partial charge in [0.05, 0.1) is 6.54 Å². The Kier molecular flexibility index (Phi) is 5.68. The van der Waals surface area contributed by atoms with E-state index >= 15 is 0 Å². The van der Waals surface area contributed by atoms with Gasteiger partial charge in [-0.25, -0.2) is 0 Å². The second kappa shape index (κ2) is 8.96. The first-order valence-corrected chi connectivity index (χ1v) is 11.3. The van der Waals surface area contributed by atoms with Crippen LogP contribution in [0.3, 0.4) is 0 Å². The van der Waals surface area contributed by atoms with Crippen LogP contribution >= 0.6 is 0 Å². The number of amides is 1. The number of aromatic nitrogens is 1. The molecular weight excluding hydrogens is 438 g/mol. The third kappa shape index (κ3) is 4.20. The van der Waals surface area contributed by atoms with Crippen molar-refractivity contribution in [2.75, 3.05) is 4.90 Å². The summed E-state index contributed by atoms with van der Waals surface area (Å²) in [7, 11) is 0. The van der Waals surface area contributed by atoms with Crippen molar-refractivity contribution in [1.29, 1.82) is 5.26 Å². The fourth-order valence-corrected chi connectivity index (χ4v) is 4.71. The molecule has 3 aromatic carbocycles. The number of para-hydroxylation sites is 1. The van der Waals surface area contributed by atoms with E-state index in [1.165, 1.54) is 0 Å². The molecular formula is C29H23N3O3. The van der Waals surface area contributed by atoms with Crippen molar-refractivity contribution in [3.8, 4) is 6.07 Å². The molecule has 35 heavy (non-hydrogen) atoms. The summed E-state index contributed by atoms with van der Waals surface area (Å²) in [5.74, 6) is -1.35. The molecule has 5 rings (SSSR count). The van der Waals surface area contributed by atoms with E-state index in [2.05, 4.69) is 12.1 Å². The summed E-state index contributed by atoms with van der Waals surface area (Å²) in [5.41, 5.74) is 6.39. The maximum absolute atomic E-state index is 13.8. The summed E-state index contributed by atoms with van der Waals surface area (Å²) in [6, 6.07) is 23.6. The number of hydrogen-bond acceptors (Lipinski definition) is 3. The molecule has 172 valence electrons. The van der Waals surface area contributed by atoms with E-state index < -0.39 is 5.97 Å². The highest BCUT2D eigenvalue weighted by molar-refractivity contribution is 6.12. The quantitative estimate of drug-likeness (QED) is 0.339. The predicted molar refractivity (Wildman–Crippen MR) is 135 cm³/mol. The third-order valence-corrected chi connectivity index (χ3v) is 6.38. The summed E-state index contributed by atoms with van der Waals surface area (Å²) in [6.45, 7) is 2.09. The van der Waals surface area contributed by atoms with Gasteiger partial charge in [-0.3, -0.25) is 9.59 Å². The molecule has 1 N–H and O–H groups in total. The van der Waals surface area contributed by atoms with Crippen molar-refractivity contribution in [3.63, 3.8) is 0 Å². The highest BCUT2D eigenvalue weighted by Gasteiger charge is 2.26. The van der Waals surface area contributed by atoms with E-state index in [1.54, 1.807) is 21.7 Å². The van der Waals surface area contributed by atoms with E-state index in [-0.39, 0.29) is 18.0 Å². The smallest absolute Gasteiger partial charge is 0.323 e. The van der Waals surface area contributed by atoms with Gasteiger partial charge in [-0.15, -0.1) is 0 Å². The van der Waals surface area contributed by atoms with Crippen LogP contribution in [0.1, 0.15) is 27.8 Å². The van der Waals surface area contributed by atoms with Gasteiger partial charge in [0.25, 0.3) is 5.91 Å². The van der Waals surface area contributed by atoms with Gasteiger partial charge < -0.3 is 14.6 Å². The molecule has 0 saturated carbocycles. The van der Waals surface area contributed by atoms with Crippen molar-refractivity contribution >= 4 is 34.5 Å². The molecule has 6 heteroatoms. The fraction of sp³-hybridized carbons (Fsp3) is 0.138. The normalized spacial score (nSPS) is 13.0. The number of aryl methyl sites for hydroxylation is 1. The van der Waals surface area contributed by atoms with Crippen molar-refractivity contribution < 1.29 is 14.7 Å². The molecule has 0 aliphatic carbocycles. The van der Waals surface area contributed by atoms with Gasteiger partial charge in [0.1, 0.15) is 18.2 Å². The number of rotatable bonds is 4. The number of fused-ring (bicyclic) bond motifs is 3. The Labute approximate surface area is 203 Å². The SMILES string of the molecule is Cc1ccc2c(/C=C(\C#N)C(=O)N3Cc4ccccc4Cc4ccccc43)cn(CC(=O)O)c2c1. The number of carboxylic acids is 1. The minimum absolute atomic E-state index is 0.00543. The highest BCUT2D eigenvalue weighted by atomic mass is 16.4. The van der Waals surface area contributed by atoms with Gasteiger partial charge in [-0.1, -0.05) is 54.6 Å². The summed E-state index contributed by atoms with van der Waals surface area (Å²) >= 11 is 0. The Hall–Kier alpha value is -4.63. The first-order valence-electron chi connectivity index (χ1n) is 11.3. The minimum atomic E-state index is -0.963. The molecule has 0 spiro atoms. The number of carboxylic acid groups (broad SMARTS) is 1. The zero-order chi connectivity index (χ0) is 24.5. The van der Waals surface area contributed by atoms with Crippen molar-refractivity contribution in [1.82, 2.24) is 4.57 Å². The minimum Gasteiger partial charge on any atom is -0.480 e. The van der Waals surface area contributed by atoms with Crippen LogP contribution in [-0.4, -0.2) is 21.6 Å². The molecule has 2 heterocycles. The monoisotopic (exact) mass is 461 g/mol. The van der Waals surface area contributed by atoms with Crippen molar-refractivity contribution in [3.05, 3.63) is 106 Å². The first-order chi connectivity index (χ1) is 16.9. The lowest BCUT2D eigenvalue weighted by atomic mass is 10.0. The summed E-state index contributed by atoms with van der Waals surface area (Å²) < 4.78 is 1.63. The molecule has 1 aliphatic rings. The Morgan fingerprint density at radius 3 is 2.49 bits per heavy atom. The van der Waals surface area contributed by atoms with Crippen molar-refractivity contribution in [2.45, 2.75) is 26.4 Å². The summed E-state index contributed by atoms with van der Waals surface area (Å²) in [4.78, 5) is 26.8. The molecule has 4 aromatic rings. The summed E-state index contributed by atoms with van der Waals surface area (Å²) in [6.07, 6.45) is 3.97. The maximum atomic E-state index is 13.8. The van der Waals surface area contributed by atoms with Crippen LogP contribution in [0.2, 0.25) is 0 Å².